The molecule has 48 heavy (non-hydrogen) atoms. The summed E-state index contributed by atoms with van der Waals surface area (Å²) < 4.78 is 4.71. The molecule has 0 spiro atoms. The average Bonchev–Trinajstić information content (AvgIpc) is 3.65. The number of hydrogen-bond donors (Lipinski definition) is 0. The summed E-state index contributed by atoms with van der Waals surface area (Å²) in [4.78, 5) is 10.5. The summed E-state index contributed by atoms with van der Waals surface area (Å²) in [6.45, 7) is 0. The van der Waals surface area contributed by atoms with Gasteiger partial charge in [0.15, 0.2) is 5.82 Å². The molecular weight excluding hydrogens is 585 g/mol. The maximum absolute atomic E-state index is 5.42. The highest BCUT2D eigenvalue weighted by Gasteiger charge is 2.20. The molecular formula is C44H26N4. The van der Waals surface area contributed by atoms with Gasteiger partial charge in [0.05, 0.1) is 39.3 Å². The van der Waals surface area contributed by atoms with Crippen molar-refractivity contribution >= 4 is 87.0 Å². The van der Waals surface area contributed by atoms with E-state index in [-0.39, 0.29) is 0 Å². The van der Waals surface area contributed by atoms with Crippen LogP contribution < -0.4 is 0 Å². The molecule has 8 aromatic carbocycles. The molecule has 0 saturated carbocycles. The Balaban J connectivity index is 1.25. The SMILES string of the molecule is c1ccc2cc(-n3c4ccccc4c4cc5c(cc43)c3ccccc3n5-c3cnc4c5ccccc5c5ccccc5c4n3)ccc2c1. The van der Waals surface area contributed by atoms with Gasteiger partial charge >= 0.3 is 0 Å². The number of benzene rings is 8. The molecule has 0 fully saturated rings. The van der Waals surface area contributed by atoms with E-state index < -0.39 is 0 Å². The van der Waals surface area contributed by atoms with E-state index in [1.54, 1.807) is 0 Å². The molecule has 0 N–H and O–H groups in total. The Morgan fingerprint density at radius 1 is 0.354 bits per heavy atom. The van der Waals surface area contributed by atoms with Crippen LogP contribution >= 0.6 is 0 Å². The van der Waals surface area contributed by atoms with E-state index in [0.29, 0.717) is 0 Å². The van der Waals surface area contributed by atoms with Crippen LogP contribution in [0.3, 0.4) is 0 Å². The van der Waals surface area contributed by atoms with E-state index in [0.717, 1.165) is 44.3 Å². The third-order valence-corrected chi connectivity index (χ3v) is 10.1. The van der Waals surface area contributed by atoms with Crippen LogP contribution in [0.2, 0.25) is 0 Å². The van der Waals surface area contributed by atoms with Crippen LogP contribution in [0, 0.1) is 0 Å². The number of para-hydroxylation sites is 2. The zero-order chi connectivity index (χ0) is 31.3. The fourth-order valence-electron chi connectivity index (χ4n) is 7.99. The lowest BCUT2D eigenvalue weighted by molar-refractivity contribution is 1.08. The van der Waals surface area contributed by atoms with Gasteiger partial charge in [0.1, 0.15) is 0 Å². The first-order chi connectivity index (χ1) is 23.8. The van der Waals surface area contributed by atoms with Gasteiger partial charge in [0.2, 0.25) is 0 Å². The summed E-state index contributed by atoms with van der Waals surface area (Å²) in [5.41, 5.74) is 7.60. The molecule has 0 saturated heterocycles. The molecule has 0 bridgehead atoms. The normalized spacial score (nSPS) is 12.2. The van der Waals surface area contributed by atoms with Crippen molar-refractivity contribution in [2.45, 2.75) is 0 Å². The first-order valence-corrected chi connectivity index (χ1v) is 16.3. The van der Waals surface area contributed by atoms with Crippen molar-refractivity contribution in [3.8, 4) is 11.5 Å². The van der Waals surface area contributed by atoms with Gasteiger partial charge in [0, 0.05) is 38.0 Å². The quantitative estimate of drug-likeness (QED) is 0.183. The Morgan fingerprint density at radius 3 is 1.56 bits per heavy atom. The summed E-state index contributed by atoms with van der Waals surface area (Å²) in [7, 11) is 0. The second-order valence-electron chi connectivity index (χ2n) is 12.6. The fourth-order valence-corrected chi connectivity index (χ4v) is 7.99. The standard InChI is InChI=1S/C44H26N4/c1-2-12-28-23-29(22-21-27(28)11-1)47-38-19-9-7-15-32(38)36-25-41-37(24-40(36)47)33-16-8-10-20-39(33)48(41)42-26-45-43-34-17-5-3-13-30(34)31-14-4-6-18-35(31)44(43)46-42/h1-26H. The number of fused-ring (bicyclic) bond motifs is 13. The lowest BCUT2D eigenvalue weighted by Crippen LogP contribution is -2.00. The molecule has 0 atom stereocenters. The highest BCUT2D eigenvalue weighted by atomic mass is 15.1. The van der Waals surface area contributed by atoms with Gasteiger partial charge in [0.25, 0.3) is 0 Å². The van der Waals surface area contributed by atoms with E-state index in [2.05, 4.69) is 161 Å². The molecule has 222 valence electrons. The van der Waals surface area contributed by atoms with Crippen LogP contribution in [0.4, 0.5) is 0 Å². The molecule has 0 aliphatic rings. The lowest BCUT2D eigenvalue weighted by atomic mass is 10.00. The Hall–Kier alpha value is -6.52. The Bertz CT molecular complexity index is 3090. The van der Waals surface area contributed by atoms with Crippen LogP contribution in [-0.2, 0) is 0 Å². The van der Waals surface area contributed by atoms with Gasteiger partial charge in [-0.1, -0.05) is 115 Å². The smallest absolute Gasteiger partial charge is 0.156 e. The highest BCUT2D eigenvalue weighted by Crippen LogP contribution is 2.40. The minimum Gasteiger partial charge on any atom is -0.309 e. The number of rotatable bonds is 2. The minimum absolute atomic E-state index is 0.812. The number of hydrogen-bond acceptors (Lipinski definition) is 2. The molecule has 0 radical (unpaired) electrons. The third-order valence-electron chi connectivity index (χ3n) is 10.1. The molecule has 4 heteroatoms. The molecule has 0 unspecified atom stereocenters. The van der Waals surface area contributed by atoms with E-state index in [9.17, 15) is 0 Å². The first-order valence-electron chi connectivity index (χ1n) is 16.3. The predicted molar refractivity (Wildman–Crippen MR) is 201 cm³/mol. The molecule has 11 rings (SSSR count). The maximum atomic E-state index is 5.42. The van der Waals surface area contributed by atoms with Crippen molar-refractivity contribution in [1.29, 1.82) is 0 Å². The van der Waals surface area contributed by atoms with Gasteiger partial charge in [-0.15, -0.1) is 0 Å². The van der Waals surface area contributed by atoms with Crippen molar-refractivity contribution in [2.75, 3.05) is 0 Å². The average molecular weight is 611 g/mol. The van der Waals surface area contributed by atoms with Crippen LogP contribution in [0.1, 0.15) is 0 Å². The van der Waals surface area contributed by atoms with Crippen LogP contribution in [0.15, 0.2) is 158 Å². The molecule has 3 heterocycles. The lowest BCUT2D eigenvalue weighted by Gasteiger charge is -2.12. The van der Waals surface area contributed by atoms with Gasteiger partial charge in [-0.3, -0.25) is 9.55 Å². The van der Waals surface area contributed by atoms with Crippen molar-refractivity contribution in [3.05, 3.63) is 158 Å². The Kier molecular flexibility index (Phi) is 5.08. The summed E-state index contributed by atoms with van der Waals surface area (Å²) in [5, 5.41) is 11.9. The second kappa shape index (κ2) is 9.50. The summed E-state index contributed by atoms with van der Waals surface area (Å²) in [5.74, 6) is 0.812. The third kappa shape index (κ3) is 3.43. The monoisotopic (exact) mass is 610 g/mol. The zero-order valence-corrected chi connectivity index (χ0v) is 25.8. The highest BCUT2D eigenvalue weighted by molar-refractivity contribution is 6.23. The van der Waals surface area contributed by atoms with Crippen LogP contribution in [0.25, 0.3) is 98.5 Å². The Morgan fingerprint density at radius 2 is 0.875 bits per heavy atom. The van der Waals surface area contributed by atoms with Gasteiger partial charge < -0.3 is 4.57 Å². The first kappa shape index (κ1) is 25.6. The predicted octanol–water partition coefficient (Wildman–Crippen LogP) is 11.3. The molecule has 0 aliphatic carbocycles. The molecule has 11 aromatic rings. The van der Waals surface area contributed by atoms with Gasteiger partial charge in [-0.05, 0) is 57.9 Å². The van der Waals surface area contributed by atoms with E-state index >= 15 is 0 Å². The summed E-state index contributed by atoms with van der Waals surface area (Å²) >= 11 is 0. The van der Waals surface area contributed by atoms with Gasteiger partial charge in [-0.25, -0.2) is 4.98 Å². The van der Waals surface area contributed by atoms with Crippen molar-refractivity contribution < 1.29 is 0 Å². The largest absolute Gasteiger partial charge is 0.309 e. The topological polar surface area (TPSA) is 35.6 Å². The molecule has 3 aromatic heterocycles. The number of aromatic nitrogens is 4. The van der Waals surface area contributed by atoms with Crippen LogP contribution in [-0.4, -0.2) is 19.1 Å². The maximum Gasteiger partial charge on any atom is 0.156 e. The number of nitrogens with zero attached hydrogens (tertiary/aromatic N) is 4. The fraction of sp³-hybridized carbons (Fsp3) is 0. The Labute approximate surface area is 274 Å². The van der Waals surface area contributed by atoms with Crippen molar-refractivity contribution in [1.82, 2.24) is 19.1 Å². The molecule has 0 amide bonds. The zero-order valence-electron chi connectivity index (χ0n) is 25.8. The van der Waals surface area contributed by atoms with Crippen molar-refractivity contribution in [3.63, 3.8) is 0 Å². The van der Waals surface area contributed by atoms with Crippen molar-refractivity contribution in [2.24, 2.45) is 0 Å². The van der Waals surface area contributed by atoms with Crippen LogP contribution in [0.5, 0.6) is 0 Å². The molecule has 0 aliphatic heterocycles. The van der Waals surface area contributed by atoms with E-state index in [1.165, 1.54) is 54.1 Å². The van der Waals surface area contributed by atoms with E-state index in [4.69, 9.17) is 9.97 Å². The summed E-state index contributed by atoms with van der Waals surface area (Å²) in [6, 6.07) is 54.5. The van der Waals surface area contributed by atoms with Gasteiger partial charge in [-0.2, -0.15) is 0 Å². The molecule has 4 nitrogen and oxygen atoms in total. The second-order valence-corrected chi connectivity index (χ2v) is 12.6. The van der Waals surface area contributed by atoms with E-state index in [1.807, 2.05) is 6.20 Å². The summed E-state index contributed by atoms with van der Waals surface area (Å²) in [6.07, 6.45) is 1.94. The minimum atomic E-state index is 0.812.